The highest BCUT2D eigenvalue weighted by molar-refractivity contribution is 7.12. The first-order valence-electron chi connectivity index (χ1n) is 7.36. The molecule has 0 bridgehead atoms. The van der Waals surface area contributed by atoms with E-state index < -0.39 is 5.97 Å². The average molecular weight is 334 g/mol. The molecule has 3 aromatic rings. The zero-order chi connectivity index (χ0) is 16.8. The first kappa shape index (κ1) is 15.9. The third-order valence-electron chi connectivity index (χ3n) is 3.32. The molecule has 0 fully saturated rings. The van der Waals surface area contributed by atoms with Gasteiger partial charge in [-0.3, -0.25) is 4.79 Å². The van der Waals surface area contributed by atoms with Crippen LogP contribution in [0, 0.1) is 0 Å². The van der Waals surface area contributed by atoms with Crippen molar-refractivity contribution in [2.45, 2.75) is 0 Å². The number of carbonyl (C=O) groups excluding carboxylic acids is 2. The molecule has 0 aliphatic rings. The van der Waals surface area contributed by atoms with Crippen molar-refractivity contribution in [1.82, 2.24) is 0 Å². The summed E-state index contributed by atoms with van der Waals surface area (Å²) >= 11 is 1.32. The molecule has 24 heavy (non-hydrogen) atoms. The molecular weight excluding hydrogens is 320 g/mol. The van der Waals surface area contributed by atoms with Crippen LogP contribution in [0.15, 0.2) is 78.2 Å². The third-order valence-corrected chi connectivity index (χ3v) is 4.17. The lowest BCUT2D eigenvalue weighted by atomic mass is 10.1. The van der Waals surface area contributed by atoms with Gasteiger partial charge < -0.3 is 4.74 Å². The SMILES string of the molecule is O=C(C=Cc1ccccc1OC(=O)c1cccs1)c1ccccc1. The van der Waals surface area contributed by atoms with Crippen molar-refractivity contribution in [2.24, 2.45) is 0 Å². The number of hydrogen-bond donors (Lipinski definition) is 0. The van der Waals surface area contributed by atoms with Gasteiger partial charge >= 0.3 is 5.97 Å². The molecule has 3 rings (SSSR count). The first-order valence-corrected chi connectivity index (χ1v) is 8.24. The van der Waals surface area contributed by atoms with Crippen LogP contribution in [0.4, 0.5) is 0 Å². The lowest BCUT2D eigenvalue weighted by Gasteiger charge is -2.06. The highest BCUT2D eigenvalue weighted by Crippen LogP contribution is 2.22. The largest absolute Gasteiger partial charge is 0.422 e. The number of benzene rings is 2. The Morgan fingerprint density at radius 3 is 2.38 bits per heavy atom. The highest BCUT2D eigenvalue weighted by atomic mass is 32.1. The van der Waals surface area contributed by atoms with Gasteiger partial charge in [-0.25, -0.2) is 4.79 Å². The monoisotopic (exact) mass is 334 g/mol. The number of ether oxygens (including phenoxy) is 1. The smallest absolute Gasteiger partial charge is 0.353 e. The highest BCUT2D eigenvalue weighted by Gasteiger charge is 2.11. The van der Waals surface area contributed by atoms with E-state index in [9.17, 15) is 9.59 Å². The summed E-state index contributed by atoms with van der Waals surface area (Å²) in [4.78, 5) is 24.8. The van der Waals surface area contributed by atoms with Gasteiger partial charge in [0, 0.05) is 11.1 Å². The van der Waals surface area contributed by atoms with Crippen LogP contribution >= 0.6 is 11.3 Å². The fourth-order valence-electron chi connectivity index (χ4n) is 2.12. The van der Waals surface area contributed by atoms with Crippen molar-refractivity contribution in [3.8, 4) is 5.75 Å². The van der Waals surface area contributed by atoms with Crippen molar-refractivity contribution >= 4 is 29.2 Å². The summed E-state index contributed by atoms with van der Waals surface area (Å²) in [6.07, 6.45) is 3.14. The Bertz CT molecular complexity index is 865. The summed E-state index contributed by atoms with van der Waals surface area (Å²) in [5, 5.41) is 1.82. The zero-order valence-corrected chi connectivity index (χ0v) is 13.5. The lowest BCUT2D eigenvalue weighted by molar-refractivity contribution is 0.0739. The minimum Gasteiger partial charge on any atom is -0.422 e. The molecule has 0 radical (unpaired) electrons. The Morgan fingerprint density at radius 1 is 0.875 bits per heavy atom. The maximum absolute atomic E-state index is 12.1. The van der Waals surface area contributed by atoms with E-state index in [2.05, 4.69) is 0 Å². The van der Waals surface area contributed by atoms with Gasteiger partial charge in [0.05, 0.1) is 0 Å². The lowest BCUT2D eigenvalue weighted by Crippen LogP contribution is -2.07. The van der Waals surface area contributed by atoms with Crippen LogP contribution in [0.1, 0.15) is 25.6 Å². The van der Waals surface area contributed by atoms with Gasteiger partial charge in [0.25, 0.3) is 0 Å². The molecule has 0 amide bonds. The number of carbonyl (C=O) groups is 2. The number of esters is 1. The number of ketones is 1. The van der Waals surface area contributed by atoms with Crippen LogP contribution in [0.2, 0.25) is 0 Å². The van der Waals surface area contributed by atoms with E-state index in [1.807, 2.05) is 29.6 Å². The molecule has 0 aliphatic heterocycles. The Balaban J connectivity index is 1.78. The van der Waals surface area contributed by atoms with E-state index in [0.717, 1.165) is 0 Å². The Labute approximate surface area is 143 Å². The molecule has 1 heterocycles. The summed E-state index contributed by atoms with van der Waals surface area (Å²) in [5.74, 6) is -0.0803. The Hall–Kier alpha value is -2.98. The van der Waals surface area contributed by atoms with Gasteiger partial charge in [0.1, 0.15) is 10.6 Å². The van der Waals surface area contributed by atoms with E-state index in [1.54, 1.807) is 48.5 Å². The second kappa shape index (κ2) is 7.53. The molecule has 0 atom stereocenters. The molecule has 0 N–H and O–H groups in total. The second-order valence-electron chi connectivity index (χ2n) is 4.97. The van der Waals surface area contributed by atoms with Crippen molar-refractivity contribution in [3.05, 3.63) is 94.2 Å². The normalized spacial score (nSPS) is 10.7. The minimum atomic E-state index is -0.403. The number of rotatable bonds is 5. The van der Waals surface area contributed by atoms with Crippen LogP contribution in [-0.2, 0) is 0 Å². The molecule has 0 saturated carbocycles. The Kier molecular flexibility index (Phi) is 4.99. The third kappa shape index (κ3) is 3.86. The molecule has 2 aromatic carbocycles. The maximum Gasteiger partial charge on any atom is 0.353 e. The van der Waals surface area contributed by atoms with Gasteiger partial charge in [-0.2, -0.15) is 0 Å². The van der Waals surface area contributed by atoms with Crippen molar-refractivity contribution in [1.29, 1.82) is 0 Å². The fourth-order valence-corrected chi connectivity index (χ4v) is 2.72. The summed E-state index contributed by atoms with van der Waals surface area (Å²) in [6, 6.07) is 19.6. The van der Waals surface area contributed by atoms with E-state index in [0.29, 0.717) is 21.8 Å². The van der Waals surface area contributed by atoms with Crippen molar-refractivity contribution in [3.63, 3.8) is 0 Å². The van der Waals surface area contributed by atoms with Gasteiger partial charge in [0.15, 0.2) is 5.78 Å². The van der Waals surface area contributed by atoms with E-state index in [-0.39, 0.29) is 5.78 Å². The zero-order valence-electron chi connectivity index (χ0n) is 12.7. The first-order chi connectivity index (χ1) is 11.7. The quantitative estimate of drug-likeness (QED) is 0.289. The number of thiophene rings is 1. The van der Waals surface area contributed by atoms with E-state index in [1.165, 1.54) is 17.4 Å². The summed E-state index contributed by atoms with van der Waals surface area (Å²) in [6.45, 7) is 0. The van der Waals surface area contributed by atoms with E-state index in [4.69, 9.17) is 4.74 Å². The number of para-hydroxylation sites is 1. The summed E-state index contributed by atoms with van der Waals surface area (Å²) in [5.41, 5.74) is 1.29. The molecule has 118 valence electrons. The maximum atomic E-state index is 12.1. The Morgan fingerprint density at radius 2 is 1.62 bits per heavy atom. The summed E-state index contributed by atoms with van der Waals surface area (Å²) in [7, 11) is 0. The standard InChI is InChI=1S/C20H14O3S/c21-17(15-7-2-1-3-8-15)13-12-16-9-4-5-10-18(16)23-20(22)19-11-6-14-24-19/h1-14H. The van der Waals surface area contributed by atoms with Gasteiger partial charge in [-0.15, -0.1) is 11.3 Å². The fraction of sp³-hybridized carbons (Fsp3) is 0. The average Bonchev–Trinajstić information content (AvgIpc) is 3.16. The molecule has 0 saturated heterocycles. The van der Waals surface area contributed by atoms with Crippen LogP contribution in [0.5, 0.6) is 5.75 Å². The van der Waals surface area contributed by atoms with Crippen LogP contribution in [0.3, 0.4) is 0 Å². The van der Waals surface area contributed by atoms with Gasteiger partial charge in [0.2, 0.25) is 0 Å². The molecule has 4 heteroatoms. The van der Waals surface area contributed by atoms with Gasteiger partial charge in [-0.05, 0) is 29.7 Å². The van der Waals surface area contributed by atoms with E-state index >= 15 is 0 Å². The van der Waals surface area contributed by atoms with Crippen LogP contribution in [0.25, 0.3) is 6.08 Å². The van der Waals surface area contributed by atoms with Crippen LogP contribution in [-0.4, -0.2) is 11.8 Å². The predicted octanol–water partition coefficient (Wildman–Crippen LogP) is 4.86. The molecule has 0 unspecified atom stereocenters. The van der Waals surface area contributed by atoms with Crippen molar-refractivity contribution < 1.29 is 14.3 Å². The second-order valence-corrected chi connectivity index (χ2v) is 5.92. The molecule has 1 aromatic heterocycles. The molecular formula is C20H14O3S. The molecule has 0 spiro atoms. The van der Waals surface area contributed by atoms with Crippen molar-refractivity contribution in [2.75, 3.05) is 0 Å². The molecule has 3 nitrogen and oxygen atoms in total. The van der Waals surface area contributed by atoms with Crippen LogP contribution < -0.4 is 4.74 Å². The number of allylic oxidation sites excluding steroid dienone is 1. The van der Waals surface area contributed by atoms with Gasteiger partial charge in [-0.1, -0.05) is 54.6 Å². The topological polar surface area (TPSA) is 43.4 Å². The number of hydrogen-bond acceptors (Lipinski definition) is 4. The molecule has 0 aliphatic carbocycles. The minimum absolute atomic E-state index is 0.102. The predicted molar refractivity (Wildman–Crippen MR) is 95.5 cm³/mol. The summed E-state index contributed by atoms with van der Waals surface area (Å²) < 4.78 is 5.44.